The molecular formula is C46H61F5N6O8Si. The Morgan fingerprint density at radius 3 is 2.20 bits per heavy atom. The van der Waals surface area contributed by atoms with E-state index in [9.17, 15) is 27.6 Å². The van der Waals surface area contributed by atoms with E-state index in [1.165, 1.54) is 19.2 Å². The van der Waals surface area contributed by atoms with E-state index in [0.717, 1.165) is 6.07 Å². The average molecular weight is 949 g/mol. The van der Waals surface area contributed by atoms with Crippen LogP contribution in [0.1, 0.15) is 98.1 Å². The Labute approximate surface area is 383 Å². The van der Waals surface area contributed by atoms with Gasteiger partial charge in [-0.2, -0.15) is 0 Å². The molecule has 362 valence electrons. The molecule has 0 saturated carbocycles. The van der Waals surface area contributed by atoms with Gasteiger partial charge in [-0.1, -0.05) is 20.8 Å². The average Bonchev–Trinajstić information content (AvgIpc) is 3.35. The van der Waals surface area contributed by atoms with E-state index in [1.54, 1.807) is 72.4 Å². The summed E-state index contributed by atoms with van der Waals surface area (Å²) in [5.41, 5.74) is -5.23. The third kappa shape index (κ3) is 10.0. The molecule has 20 heteroatoms. The number of ketones is 1. The molecular weight excluding hydrogens is 888 g/mol. The number of ether oxygens (including phenoxy) is 4. The van der Waals surface area contributed by atoms with Gasteiger partial charge in [-0.25, -0.2) is 28.3 Å². The highest BCUT2D eigenvalue weighted by molar-refractivity contribution is 6.74. The van der Waals surface area contributed by atoms with Gasteiger partial charge < -0.3 is 33.2 Å². The first-order valence-electron chi connectivity index (χ1n) is 21.8. The van der Waals surface area contributed by atoms with Crippen LogP contribution in [0.5, 0.6) is 11.6 Å². The van der Waals surface area contributed by atoms with Crippen molar-refractivity contribution in [2.24, 2.45) is 0 Å². The number of anilines is 2. The highest BCUT2D eigenvalue weighted by Crippen LogP contribution is 2.52. The highest BCUT2D eigenvalue weighted by Gasteiger charge is 2.62. The van der Waals surface area contributed by atoms with E-state index in [4.69, 9.17) is 23.6 Å². The van der Waals surface area contributed by atoms with Crippen LogP contribution in [0.2, 0.25) is 18.1 Å². The van der Waals surface area contributed by atoms with Gasteiger partial charge in [-0.15, -0.1) is 13.2 Å². The van der Waals surface area contributed by atoms with E-state index in [-0.39, 0.29) is 51.9 Å². The summed E-state index contributed by atoms with van der Waals surface area (Å²) in [7, 11) is 0.941. The van der Waals surface area contributed by atoms with E-state index in [1.807, 2.05) is 4.90 Å². The van der Waals surface area contributed by atoms with Crippen molar-refractivity contribution in [2.75, 3.05) is 37.5 Å². The standard InChI is InChI=1S/C46H61F5N6O8Si/c1-24-31-32-38(53-34(24)30(58)17-19-55(12)13)56-22-45(23-61-66(14,15)44(9,10)11)18-16-29(57(45)41(60)65-43(6,7)8)36(56)25(2)62-39(32)54-35(33(31)48)27-20-26(52-40(59)64-42(3,4)5)21-28(47)37(27)63-46(49,50)51/h17,19-21,25,29,36H,16,18,22-23H2,1-15H3,(H,52,59)/b19-17+/t25-,29-,36+,45+/m0/s1. The zero-order chi connectivity index (χ0) is 49.4. The number of hydrogen-bond donors (Lipinski definition) is 1. The molecule has 2 aromatic heterocycles. The molecule has 5 heterocycles. The molecule has 0 radical (unpaired) electrons. The third-order valence-electron chi connectivity index (χ3n) is 12.3. The second-order valence-electron chi connectivity index (χ2n) is 21.1. The number of piperazine rings is 1. The molecule has 6 rings (SSSR count). The summed E-state index contributed by atoms with van der Waals surface area (Å²) >= 11 is 0. The summed E-state index contributed by atoms with van der Waals surface area (Å²) in [5.74, 6) is -5.18. The maximum absolute atomic E-state index is 17.9. The second kappa shape index (κ2) is 17.1. The van der Waals surface area contributed by atoms with Gasteiger partial charge in [0, 0.05) is 50.1 Å². The minimum absolute atomic E-state index is 0.0105. The predicted octanol–water partition coefficient (Wildman–Crippen LogP) is 10.5. The lowest BCUT2D eigenvalue weighted by molar-refractivity contribution is -0.275. The molecule has 4 atom stereocenters. The number of carbonyl (C=O) groups is 3. The lowest BCUT2D eigenvalue weighted by Gasteiger charge is -2.54. The van der Waals surface area contributed by atoms with Crippen molar-refractivity contribution in [1.29, 1.82) is 0 Å². The van der Waals surface area contributed by atoms with Crippen molar-refractivity contribution in [1.82, 2.24) is 19.8 Å². The first-order valence-corrected chi connectivity index (χ1v) is 24.7. The van der Waals surface area contributed by atoms with Crippen LogP contribution in [-0.4, -0.2) is 115 Å². The molecule has 2 bridgehead atoms. The zero-order valence-electron chi connectivity index (χ0n) is 40.3. The summed E-state index contributed by atoms with van der Waals surface area (Å²) in [6.45, 7) is 23.9. The number of alkyl halides is 3. The van der Waals surface area contributed by atoms with Crippen LogP contribution in [0.15, 0.2) is 24.4 Å². The van der Waals surface area contributed by atoms with Crippen molar-refractivity contribution >= 4 is 48.6 Å². The van der Waals surface area contributed by atoms with Gasteiger partial charge >= 0.3 is 18.5 Å². The Hall–Kier alpha value is -5.24. The number of carbonyl (C=O) groups excluding carboxylic acids is 3. The number of rotatable bonds is 9. The van der Waals surface area contributed by atoms with E-state index >= 15 is 8.78 Å². The van der Waals surface area contributed by atoms with E-state index < -0.39 is 102 Å². The first kappa shape index (κ1) is 50.2. The number of aryl methyl sites for hydroxylation is 1. The van der Waals surface area contributed by atoms with Crippen molar-refractivity contribution in [2.45, 2.75) is 148 Å². The zero-order valence-corrected chi connectivity index (χ0v) is 41.3. The van der Waals surface area contributed by atoms with Gasteiger partial charge in [0.2, 0.25) is 11.7 Å². The summed E-state index contributed by atoms with van der Waals surface area (Å²) in [6.07, 6.45) is -4.33. The van der Waals surface area contributed by atoms with Crippen molar-refractivity contribution in [3.05, 3.63) is 47.3 Å². The Morgan fingerprint density at radius 2 is 1.62 bits per heavy atom. The fourth-order valence-electron chi connectivity index (χ4n) is 8.47. The number of fused-ring (bicyclic) bond motifs is 5. The quantitative estimate of drug-likeness (QED) is 0.0943. The number of amides is 2. The maximum Gasteiger partial charge on any atom is 0.573 e. The largest absolute Gasteiger partial charge is 0.573 e. The van der Waals surface area contributed by atoms with Gasteiger partial charge in [0.1, 0.15) is 34.5 Å². The third-order valence-corrected chi connectivity index (χ3v) is 16.8. The van der Waals surface area contributed by atoms with Crippen LogP contribution < -0.4 is 19.7 Å². The number of hydrogen-bond acceptors (Lipinski definition) is 12. The van der Waals surface area contributed by atoms with Crippen LogP contribution in [0, 0.1) is 18.6 Å². The molecule has 3 aromatic rings. The number of nitrogens with one attached hydrogen (secondary N) is 1. The molecule has 1 aromatic carbocycles. The summed E-state index contributed by atoms with van der Waals surface area (Å²) in [4.78, 5) is 56.1. The number of pyridine rings is 2. The Bertz CT molecular complexity index is 2460. The number of benzene rings is 1. The number of allylic oxidation sites excluding steroid dienone is 1. The molecule has 3 aliphatic heterocycles. The van der Waals surface area contributed by atoms with Gasteiger partial charge in [0.05, 0.1) is 35.2 Å². The highest BCUT2D eigenvalue weighted by atomic mass is 28.4. The monoisotopic (exact) mass is 948 g/mol. The molecule has 2 fully saturated rings. The molecule has 0 spiro atoms. The fraction of sp³-hybridized carbons (Fsp3) is 0.587. The van der Waals surface area contributed by atoms with Crippen molar-refractivity contribution in [3.63, 3.8) is 0 Å². The minimum Gasteiger partial charge on any atom is -0.472 e. The van der Waals surface area contributed by atoms with Crippen LogP contribution in [-0.2, 0) is 13.9 Å². The SMILES string of the molecule is Cc1c(C(=O)/C=C/N(C)C)nc2c3c(nc(-c4cc(NC(=O)OC(C)(C)C)cc(F)c4OC(F)(F)F)c(F)c13)O[C@@H](C)[C@@H]1[C@@H]3CC[C@](CO[Si](C)(C)C(C)(C)C)(CN21)N3C(=O)OC(C)(C)C. The minimum atomic E-state index is -5.46. The maximum atomic E-state index is 17.9. The lowest BCUT2D eigenvalue weighted by atomic mass is 9.92. The van der Waals surface area contributed by atoms with Crippen molar-refractivity contribution < 1.29 is 59.7 Å². The molecule has 3 aliphatic rings. The van der Waals surface area contributed by atoms with Crippen LogP contribution in [0.4, 0.5) is 43.0 Å². The Kier molecular flexibility index (Phi) is 13.0. The lowest BCUT2D eigenvalue weighted by Crippen LogP contribution is -2.72. The smallest absolute Gasteiger partial charge is 0.472 e. The molecule has 0 unspecified atom stereocenters. The summed E-state index contributed by atoms with van der Waals surface area (Å²) in [5, 5.41) is 1.78. The Balaban J connectivity index is 1.65. The van der Waals surface area contributed by atoms with Gasteiger partial charge in [-0.3, -0.25) is 15.0 Å². The molecule has 2 amide bonds. The topological polar surface area (TPSA) is 145 Å². The van der Waals surface area contributed by atoms with Gasteiger partial charge in [0.15, 0.2) is 25.7 Å². The number of nitrogens with zero attached hydrogens (tertiary/aromatic N) is 5. The fourth-order valence-corrected chi connectivity index (χ4v) is 9.53. The van der Waals surface area contributed by atoms with Crippen LogP contribution in [0.3, 0.4) is 0 Å². The predicted molar refractivity (Wildman–Crippen MR) is 242 cm³/mol. The number of halogens is 5. The first-order chi connectivity index (χ1) is 30.1. The number of aromatic nitrogens is 2. The van der Waals surface area contributed by atoms with E-state index in [2.05, 4.69) is 48.9 Å². The molecule has 14 nitrogen and oxygen atoms in total. The van der Waals surface area contributed by atoms with Crippen molar-refractivity contribution in [3.8, 4) is 22.9 Å². The van der Waals surface area contributed by atoms with Gasteiger partial charge in [0.25, 0.3) is 0 Å². The molecule has 0 aliphatic carbocycles. The van der Waals surface area contributed by atoms with Gasteiger partial charge in [-0.05, 0) is 98.0 Å². The second-order valence-corrected chi connectivity index (χ2v) is 25.9. The van der Waals surface area contributed by atoms with E-state index in [0.29, 0.717) is 18.9 Å². The Morgan fingerprint density at radius 1 is 0.985 bits per heavy atom. The van der Waals surface area contributed by atoms with Crippen LogP contribution >= 0.6 is 0 Å². The van der Waals surface area contributed by atoms with Crippen LogP contribution in [0.25, 0.3) is 22.0 Å². The summed E-state index contributed by atoms with van der Waals surface area (Å²) < 4.78 is 105. The molecule has 1 N–H and O–H groups in total. The molecule has 2 saturated heterocycles. The summed E-state index contributed by atoms with van der Waals surface area (Å²) in [6, 6.07) is 0.0845. The normalized spacial score (nSPS) is 21.1. The molecule has 66 heavy (non-hydrogen) atoms.